The highest BCUT2D eigenvalue weighted by Gasteiger charge is 2.73. The molecule has 8 unspecified atom stereocenters. The normalized spacial score (nSPS) is 62.5. The molecule has 0 spiro atoms. The molecule has 0 radical (unpaired) electrons. The van der Waals surface area contributed by atoms with Crippen molar-refractivity contribution in [2.45, 2.75) is 65.7 Å². The fraction of sp³-hybridized carbons (Fsp3) is 1.00. The minimum Gasteiger partial charge on any atom is -0.390 e. The Labute approximate surface area is 184 Å². The van der Waals surface area contributed by atoms with E-state index in [-0.39, 0.29) is 0 Å². The number of hydrogen-bond acceptors (Lipinski definition) is 3. The molecular formula is C12H13Cl9O3. The zero-order valence-corrected chi connectivity index (χ0v) is 18.3. The van der Waals surface area contributed by atoms with Gasteiger partial charge in [-0.15, -0.1) is 104 Å². The Hall–Kier alpha value is 2.49. The zero-order valence-electron chi connectivity index (χ0n) is 11.5. The third-order valence-electron chi connectivity index (χ3n) is 4.70. The number of hydrogen-bond donors (Lipinski definition) is 3. The molecule has 3 nitrogen and oxygen atoms in total. The maximum atomic E-state index is 11.3. The largest absolute Gasteiger partial charge is 0.390 e. The molecule has 2 aliphatic carbocycles. The molecule has 0 heterocycles. The first kappa shape index (κ1) is 22.8. The molecule has 8 atom stereocenters. The lowest BCUT2D eigenvalue weighted by Gasteiger charge is -2.60. The van der Waals surface area contributed by atoms with E-state index < -0.39 is 65.7 Å². The molecule has 0 aromatic rings. The van der Waals surface area contributed by atoms with Gasteiger partial charge in [0.2, 0.25) is 0 Å². The van der Waals surface area contributed by atoms with E-state index in [1.165, 1.54) is 0 Å². The van der Waals surface area contributed by atoms with Crippen molar-refractivity contribution >= 4 is 104 Å². The van der Waals surface area contributed by atoms with E-state index in [0.29, 0.717) is 0 Å². The van der Waals surface area contributed by atoms with Gasteiger partial charge in [-0.3, -0.25) is 0 Å². The third kappa shape index (κ3) is 2.97. The molecule has 3 N–H and O–H groups in total. The van der Waals surface area contributed by atoms with Gasteiger partial charge in [-0.25, -0.2) is 0 Å². The van der Waals surface area contributed by atoms with Gasteiger partial charge in [-0.05, 0) is 0 Å². The minimum absolute atomic E-state index is 0.891. The van der Waals surface area contributed by atoms with Crippen LogP contribution >= 0.6 is 104 Å². The first-order chi connectivity index (χ1) is 10.8. The summed E-state index contributed by atoms with van der Waals surface area (Å²) in [5.74, 6) is 0. The average Bonchev–Trinajstić information content (AvgIpc) is 2.57. The molecule has 0 aromatic heterocycles. The van der Waals surface area contributed by atoms with E-state index in [9.17, 15) is 15.3 Å². The summed E-state index contributed by atoms with van der Waals surface area (Å²) in [6.07, 6.45) is -1.34. The molecule has 2 aliphatic rings. The van der Waals surface area contributed by atoms with Gasteiger partial charge in [0.05, 0.1) is 54.5 Å². The van der Waals surface area contributed by atoms with Crippen LogP contribution in [0.4, 0.5) is 0 Å². The van der Waals surface area contributed by atoms with Gasteiger partial charge in [-0.2, -0.15) is 0 Å². The number of alkyl halides is 9. The van der Waals surface area contributed by atoms with Gasteiger partial charge in [-0.1, -0.05) is 0 Å². The van der Waals surface area contributed by atoms with Crippen LogP contribution in [0.25, 0.3) is 0 Å². The molecule has 0 aliphatic heterocycles. The van der Waals surface area contributed by atoms with Crippen LogP contribution in [0.3, 0.4) is 0 Å². The van der Waals surface area contributed by atoms with Crippen LogP contribution in [0.5, 0.6) is 0 Å². The highest BCUT2D eigenvalue weighted by molar-refractivity contribution is 6.42. The van der Waals surface area contributed by atoms with Crippen molar-refractivity contribution < 1.29 is 15.3 Å². The summed E-state index contributed by atoms with van der Waals surface area (Å²) in [5, 5.41) is 21.4. The maximum Gasteiger partial charge on any atom is 0.132 e. The van der Waals surface area contributed by atoms with Gasteiger partial charge in [0.25, 0.3) is 0 Å². The van der Waals surface area contributed by atoms with Gasteiger partial charge >= 0.3 is 0 Å². The molecule has 2 saturated carbocycles. The summed E-state index contributed by atoms with van der Waals surface area (Å²) in [6, 6.07) is 0. The van der Waals surface area contributed by atoms with Crippen LogP contribution in [0, 0.1) is 0 Å². The monoisotopic (exact) mass is 520 g/mol. The van der Waals surface area contributed by atoms with E-state index in [0.717, 1.165) is 0 Å². The average molecular weight is 524 g/mol. The van der Waals surface area contributed by atoms with Gasteiger partial charge in [0.1, 0.15) is 11.2 Å². The smallest absolute Gasteiger partial charge is 0.132 e. The van der Waals surface area contributed by atoms with Crippen LogP contribution in [-0.4, -0.2) is 81.0 Å². The van der Waals surface area contributed by atoms with Crippen LogP contribution in [-0.2, 0) is 0 Å². The first-order valence-electron chi connectivity index (χ1n) is 6.74. The molecule has 2 rings (SSSR count). The number of aliphatic hydroxyl groups is 3. The predicted molar refractivity (Wildman–Crippen MR) is 103 cm³/mol. The molecule has 142 valence electrons. The second-order valence-corrected chi connectivity index (χ2v) is 10.4. The Balaban J connectivity index is 2.60. The summed E-state index contributed by atoms with van der Waals surface area (Å²) >= 11 is 55.6. The van der Waals surface area contributed by atoms with Crippen LogP contribution in [0.1, 0.15) is 0 Å². The van der Waals surface area contributed by atoms with Crippen molar-refractivity contribution in [1.82, 2.24) is 0 Å². The first-order valence-corrected chi connectivity index (χ1v) is 10.7. The summed E-state index contributed by atoms with van der Waals surface area (Å²) in [7, 11) is 0. The quantitative estimate of drug-likeness (QED) is 0.462. The Morgan fingerprint density at radius 3 is 1.00 bits per heavy atom. The van der Waals surface area contributed by atoms with Gasteiger partial charge in [0, 0.05) is 0 Å². The molecular weight excluding hydrogens is 511 g/mol. The van der Waals surface area contributed by atoms with Crippen LogP contribution in [0.2, 0.25) is 0 Å². The second kappa shape index (κ2) is 7.72. The molecule has 0 bridgehead atoms. The van der Waals surface area contributed by atoms with Gasteiger partial charge in [0.15, 0.2) is 0 Å². The summed E-state index contributed by atoms with van der Waals surface area (Å²) in [6.45, 7) is 0. The predicted octanol–water partition coefficient (Wildman–Crippen LogP) is 3.30. The fourth-order valence-corrected chi connectivity index (χ4v) is 7.15. The topological polar surface area (TPSA) is 60.7 Å². The highest BCUT2D eigenvalue weighted by atomic mass is 35.5. The van der Waals surface area contributed by atoms with Crippen molar-refractivity contribution in [2.75, 3.05) is 0 Å². The zero-order chi connectivity index (χ0) is 18.8. The Kier molecular flexibility index (Phi) is 7.33. The second-order valence-electron chi connectivity index (χ2n) is 5.97. The lowest BCUT2D eigenvalue weighted by atomic mass is 9.64. The molecule has 2 fully saturated rings. The van der Waals surface area contributed by atoms with Crippen molar-refractivity contribution in [1.29, 1.82) is 0 Å². The highest BCUT2D eigenvalue weighted by Crippen LogP contribution is 2.55. The Morgan fingerprint density at radius 1 is 0.458 bits per heavy atom. The lowest BCUT2D eigenvalue weighted by Crippen LogP contribution is -2.82. The number of halogens is 9. The lowest BCUT2D eigenvalue weighted by molar-refractivity contribution is -0.176. The van der Waals surface area contributed by atoms with E-state index in [2.05, 4.69) is 0 Å². The number of aliphatic hydroxyl groups excluding tert-OH is 1. The van der Waals surface area contributed by atoms with Crippen molar-refractivity contribution in [3.63, 3.8) is 0 Å². The molecule has 0 amide bonds. The SMILES string of the molecule is OC1C(Cl)C(Cl)C(O)(C2(O)C(Cl)C(Cl)C(Cl)C(Cl)C2Cl)C(Cl)C1Cl. The van der Waals surface area contributed by atoms with E-state index in [4.69, 9.17) is 104 Å². The summed E-state index contributed by atoms with van der Waals surface area (Å²) < 4.78 is 0. The molecule has 0 aromatic carbocycles. The summed E-state index contributed by atoms with van der Waals surface area (Å²) in [4.78, 5) is 0. The molecule has 24 heavy (non-hydrogen) atoms. The van der Waals surface area contributed by atoms with Crippen LogP contribution in [0.15, 0.2) is 0 Å². The van der Waals surface area contributed by atoms with Crippen LogP contribution < -0.4 is 0 Å². The third-order valence-corrected chi connectivity index (χ3v) is 10.5. The molecule has 0 saturated heterocycles. The minimum atomic E-state index is -2.41. The van der Waals surface area contributed by atoms with Gasteiger partial charge < -0.3 is 15.3 Å². The Bertz CT molecular complexity index is 409. The summed E-state index contributed by atoms with van der Waals surface area (Å²) in [5.41, 5.74) is -4.80. The fourth-order valence-electron chi connectivity index (χ4n) is 3.18. The van der Waals surface area contributed by atoms with Crippen molar-refractivity contribution in [3.05, 3.63) is 0 Å². The molecule has 12 heteroatoms. The van der Waals surface area contributed by atoms with Crippen molar-refractivity contribution in [3.8, 4) is 0 Å². The van der Waals surface area contributed by atoms with E-state index >= 15 is 0 Å². The van der Waals surface area contributed by atoms with E-state index in [1.54, 1.807) is 0 Å². The maximum absolute atomic E-state index is 11.3. The Morgan fingerprint density at radius 2 is 0.708 bits per heavy atom. The number of rotatable bonds is 1. The van der Waals surface area contributed by atoms with Crippen molar-refractivity contribution in [2.24, 2.45) is 0 Å². The standard InChI is InChI=1S/C12H13Cl9O3/c13-1-2(14)7(18)11(23,8(19)3(1)15)12(24)9(20)4(16)6(22)5(17)10(12)21/h1-10,22-24H. The van der Waals surface area contributed by atoms with E-state index in [1.807, 2.05) is 0 Å².